The Balaban J connectivity index is 1.78. The van der Waals surface area contributed by atoms with Crippen LogP contribution in [-0.2, 0) is 6.54 Å². The number of imidazole rings is 1. The number of nitrogens with one attached hydrogen (secondary N) is 1. The molecule has 0 saturated carbocycles. The molecule has 2 aromatic heterocycles. The second-order valence-corrected chi connectivity index (χ2v) is 7.98. The Bertz CT molecular complexity index is 1290. The van der Waals surface area contributed by atoms with Crippen molar-refractivity contribution in [3.8, 4) is 17.1 Å². The van der Waals surface area contributed by atoms with Gasteiger partial charge in [0.2, 0.25) is 0 Å². The normalized spacial score (nSPS) is 13.8. The van der Waals surface area contributed by atoms with Gasteiger partial charge in [0.15, 0.2) is 0 Å². The first kappa shape index (κ1) is 20.9. The fourth-order valence-corrected chi connectivity index (χ4v) is 4.25. The number of amides is 1. The van der Waals surface area contributed by atoms with E-state index in [2.05, 4.69) is 10.3 Å². The summed E-state index contributed by atoms with van der Waals surface area (Å²) in [5, 5.41) is 3.29. The van der Waals surface area contributed by atoms with E-state index in [0.29, 0.717) is 36.8 Å². The molecule has 1 amide bonds. The second-order valence-electron chi connectivity index (χ2n) is 7.98. The zero-order valence-corrected chi connectivity index (χ0v) is 18.2. The van der Waals surface area contributed by atoms with Crippen molar-refractivity contribution in [1.29, 1.82) is 0 Å². The first-order valence-corrected chi connectivity index (χ1v) is 11.1. The quantitative estimate of drug-likeness (QED) is 0.519. The van der Waals surface area contributed by atoms with Gasteiger partial charge in [-0.15, -0.1) is 0 Å². The summed E-state index contributed by atoms with van der Waals surface area (Å²) in [5.41, 5.74) is 2.42. The minimum atomic E-state index is -0.283. The number of aromatic nitrogens is 3. The SMILES string of the molecule is O=C(c1c(-c2ccccc2)n(-c2ccccn2)c(=O)n1Cc1ccccc1)N1CCNCC1. The van der Waals surface area contributed by atoms with E-state index >= 15 is 0 Å². The number of nitrogens with zero attached hydrogens (tertiary/aromatic N) is 4. The maximum atomic E-state index is 13.9. The van der Waals surface area contributed by atoms with Crippen LogP contribution in [0.25, 0.3) is 17.1 Å². The summed E-state index contributed by atoms with van der Waals surface area (Å²) >= 11 is 0. The molecule has 1 N–H and O–H groups in total. The van der Waals surface area contributed by atoms with Crippen LogP contribution in [0.1, 0.15) is 16.1 Å². The van der Waals surface area contributed by atoms with E-state index in [4.69, 9.17) is 0 Å². The molecule has 7 heteroatoms. The Hall–Kier alpha value is -3.97. The van der Waals surface area contributed by atoms with Crippen molar-refractivity contribution in [2.75, 3.05) is 26.2 Å². The average molecular weight is 440 g/mol. The zero-order valence-electron chi connectivity index (χ0n) is 18.2. The van der Waals surface area contributed by atoms with Gasteiger partial charge in [-0.1, -0.05) is 66.7 Å². The first-order valence-electron chi connectivity index (χ1n) is 11.1. The molecule has 0 unspecified atom stereocenters. The van der Waals surface area contributed by atoms with Crippen LogP contribution in [0.5, 0.6) is 0 Å². The lowest BCUT2D eigenvalue weighted by Gasteiger charge is -2.28. The predicted octanol–water partition coefficient (Wildman–Crippen LogP) is 2.79. The van der Waals surface area contributed by atoms with E-state index in [9.17, 15) is 9.59 Å². The van der Waals surface area contributed by atoms with E-state index in [1.54, 1.807) is 21.4 Å². The Morgan fingerprint density at radius 1 is 0.879 bits per heavy atom. The van der Waals surface area contributed by atoms with Crippen molar-refractivity contribution in [3.63, 3.8) is 0 Å². The van der Waals surface area contributed by atoms with Gasteiger partial charge < -0.3 is 10.2 Å². The van der Waals surface area contributed by atoms with Crippen molar-refractivity contribution in [2.45, 2.75) is 6.54 Å². The lowest BCUT2D eigenvalue weighted by molar-refractivity contribution is 0.0726. The number of benzene rings is 2. The van der Waals surface area contributed by atoms with Gasteiger partial charge in [0, 0.05) is 37.9 Å². The van der Waals surface area contributed by atoms with Crippen LogP contribution < -0.4 is 11.0 Å². The zero-order chi connectivity index (χ0) is 22.6. The predicted molar refractivity (Wildman–Crippen MR) is 128 cm³/mol. The molecule has 1 aliphatic heterocycles. The number of carbonyl (C=O) groups excluding carboxylic acids is 1. The molecule has 1 saturated heterocycles. The third-order valence-corrected chi connectivity index (χ3v) is 5.86. The van der Waals surface area contributed by atoms with Gasteiger partial charge in [-0.05, 0) is 17.7 Å². The van der Waals surface area contributed by atoms with Crippen molar-refractivity contribution in [1.82, 2.24) is 24.3 Å². The molecule has 0 spiro atoms. The highest BCUT2D eigenvalue weighted by atomic mass is 16.2. The minimum Gasteiger partial charge on any atom is -0.335 e. The van der Waals surface area contributed by atoms with Gasteiger partial charge >= 0.3 is 5.69 Å². The monoisotopic (exact) mass is 439 g/mol. The molecule has 2 aromatic carbocycles. The topological polar surface area (TPSA) is 72.2 Å². The molecule has 1 aliphatic rings. The fraction of sp³-hybridized carbons (Fsp3) is 0.192. The largest absolute Gasteiger partial charge is 0.335 e. The first-order chi connectivity index (χ1) is 16.2. The summed E-state index contributed by atoms with van der Waals surface area (Å²) in [5.74, 6) is 0.348. The highest BCUT2D eigenvalue weighted by Gasteiger charge is 2.31. The van der Waals surface area contributed by atoms with E-state index in [1.165, 1.54) is 0 Å². The van der Waals surface area contributed by atoms with Crippen molar-refractivity contribution in [2.24, 2.45) is 0 Å². The molecule has 166 valence electrons. The average Bonchev–Trinajstić information content (AvgIpc) is 3.17. The van der Waals surface area contributed by atoms with Crippen LogP contribution in [0.3, 0.4) is 0 Å². The van der Waals surface area contributed by atoms with E-state index < -0.39 is 0 Å². The van der Waals surface area contributed by atoms with Gasteiger partial charge in [0.05, 0.1) is 12.2 Å². The van der Waals surface area contributed by atoms with Crippen LogP contribution in [0.4, 0.5) is 0 Å². The van der Waals surface area contributed by atoms with Crippen molar-refractivity contribution in [3.05, 3.63) is 107 Å². The van der Waals surface area contributed by atoms with Gasteiger partial charge in [0.1, 0.15) is 11.5 Å². The van der Waals surface area contributed by atoms with Crippen LogP contribution in [0, 0.1) is 0 Å². The van der Waals surface area contributed by atoms with Gasteiger partial charge in [-0.2, -0.15) is 0 Å². The molecule has 1 fully saturated rings. The molecular weight excluding hydrogens is 414 g/mol. The third-order valence-electron chi connectivity index (χ3n) is 5.86. The molecular formula is C26H25N5O2. The highest BCUT2D eigenvalue weighted by Crippen LogP contribution is 2.27. The Morgan fingerprint density at radius 3 is 2.21 bits per heavy atom. The van der Waals surface area contributed by atoms with Crippen LogP contribution in [0.15, 0.2) is 89.9 Å². The van der Waals surface area contributed by atoms with Crippen molar-refractivity contribution >= 4 is 5.91 Å². The maximum absolute atomic E-state index is 13.9. The summed E-state index contributed by atoms with van der Waals surface area (Å²) in [6.45, 7) is 2.96. The Labute approximate surface area is 191 Å². The number of hydrogen-bond acceptors (Lipinski definition) is 4. The molecule has 3 heterocycles. The summed E-state index contributed by atoms with van der Waals surface area (Å²) in [7, 11) is 0. The fourth-order valence-electron chi connectivity index (χ4n) is 4.25. The van der Waals surface area contributed by atoms with Gasteiger partial charge in [0.25, 0.3) is 5.91 Å². The molecule has 5 rings (SSSR count). The Morgan fingerprint density at radius 2 is 1.55 bits per heavy atom. The summed E-state index contributed by atoms with van der Waals surface area (Å²) in [6.07, 6.45) is 1.66. The van der Waals surface area contributed by atoms with Crippen LogP contribution >= 0.6 is 0 Å². The van der Waals surface area contributed by atoms with Gasteiger partial charge in [-0.3, -0.25) is 9.36 Å². The smallest absolute Gasteiger partial charge is 0.335 e. The molecule has 4 aromatic rings. The molecule has 0 aliphatic carbocycles. The standard InChI is InChI=1S/C26H25N5O2/c32-25(29-17-15-27-16-18-29)24-23(21-11-5-2-6-12-21)31(22-13-7-8-14-28-22)26(33)30(24)19-20-9-3-1-4-10-20/h1-14,27H,15-19H2. The number of hydrogen-bond donors (Lipinski definition) is 1. The molecule has 0 bridgehead atoms. The van der Waals surface area contributed by atoms with E-state index in [0.717, 1.165) is 24.2 Å². The molecule has 33 heavy (non-hydrogen) atoms. The highest BCUT2D eigenvalue weighted by molar-refractivity contribution is 5.99. The Kier molecular flexibility index (Phi) is 5.87. The second kappa shape index (κ2) is 9.26. The summed E-state index contributed by atoms with van der Waals surface area (Å²) in [4.78, 5) is 34.1. The molecule has 0 atom stereocenters. The molecule has 0 radical (unpaired) electrons. The van der Waals surface area contributed by atoms with Gasteiger partial charge in [-0.25, -0.2) is 14.3 Å². The number of pyridine rings is 1. The minimum absolute atomic E-state index is 0.141. The summed E-state index contributed by atoms with van der Waals surface area (Å²) < 4.78 is 3.16. The molecule has 7 nitrogen and oxygen atoms in total. The lowest BCUT2D eigenvalue weighted by atomic mass is 10.1. The maximum Gasteiger partial charge on any atom is 0.335 e. The number of carbonyl (C=O) groups is 1. The summed E-state index contributed by atoms with van der Waals surface area (Å²) in [6, 6.07) is 24.8. The number of rotatable bonds is 5. The lowest BCUT2D eigenvalue weighted by Crippen LogP contribution is -2.47. The van der Waals surface area contributed by atoms with Crippen molar-refractivity contribution < 1.29 is 4.79 Å². The van der Waals surface area contributed by atoms with E-state index in [1.807, 2.05) is 77.7 Å². The van der Waals surface area contributed by atoms with Crippen LogP contribution in [0.2, 0.25) is 0 Å². The van der Waals surface area contributed by atoms with E-state index in [-0.39, 0.29) is 11.6 Å². The third kappa shape index (κ3) is 4.10. The van der Waals surface area contributed by atoms with Crippen LogP contribution in [-0.4, -0.2) is 51.1 Å². The number of piperazine rings is 1.